The van der Waals surface area contributed by atoms with Crippen molar-refractivity contribution >= 4 is 5.69 Å². The van der Waals surface area contributed by atoms with E-state index in [1.165, 1.54) is 6.07 Å². The van der Waals surface area contributed by atoms with Crippen LogP contribution < -0.4 is 10.5 Å². The summed E-state index contributed by atoms with van der Waals surface area (Å²) in [5, 5.41) is 9.28. The normalized spacial score (nSPS) is 11.5. The summed E-state index contributed by atoms with van der Waals surface area (Å²) in [6, 6.07) is 4.53. The van der Waals surface area contributed by atoms with E-state index in [0.29, 0.717) is 12.2 Å². The molecule has 0 aromatic heterocycles. The second-order valence-corrected chi connectivity index (χ2v) is 3.56. The quantitative estimate of drug-likeness (QED) is 0.470. The van der Waals surface area contributed by atoms with Gasteiger partial charge in [0.25, 0.3) is 0 Å². The molecular formula is C11H14F3NO3. The van der Waals surface area contributed by atoms with Crippen molar-refractivity contribution in [2.24, 2.45) is 0 Å². The predicted octanol–water partition coefficient (Wildman–Crippen LogP) is 2.32. The third-order valence-corrected chi connectivity index (χ3v) is 2.00. The lowest BCUT2D eigenvalue weighted by atomic mass is 10.3. The molecule has 0 bridgehead atoms. The van der Waals surface area contributed by atoms with Gasteiger partial charge in [0.05, 0.1) is 13.2 Å². The van der Waals surface area contributed by atoms with Crippen molar-refractivity contribution in [2.45, 2.75) is 12.6 Å². The van der Waals surface area contributed by atoms with Gasteiger partial charge in [-0.1, -0.05) is 6.07 Å². The molecule has 0 heterocycles. The second-order valence-electron chi connectivity index (χ2n) is 3.56. The van der Waals surface area contributed by atoms with Crippen molar-refractivity contribution in [3.63, 3.8) is 0 Å². The number of aromatic hydroxyl groups is 1. The predicted molar refractivity (Wildman–Crippen MR) is 59.5 cm³/mol. The Hall–Kier alpha value is -1.63. The number of nitrogens with two attached hydrogens (primary N) is 1. The van der Waals surface area contributed by atoms with Crippen LogP contribution in [0.3, 0.4) is 0 Å². The number of phenols is 1. The van der Waals surface area contributed by atoms with Crippen LogP contribution in [-0.2, 0) is 4.74 Å². The Bertz CT molecular complexity index is 382. The third kappa shape index (κ3) is 5.13. The highest BCUT2D eigenvalue weighted by Crippen LogP contribution is 2.29. The van der Waals surface area contributed by atoms with E-state index in [-0.39, 0.29) is 24.7 Å². The number of halogens is 3. The highest BCUT2D eigenvalue weighted by atomic mass is 19.4. The molecule has 0 aliphatic carbocycles. The van der Waals surface area contributed by atoms with Crippen LogP contribution in [-0.4, -0.2) is 31.1 Å². The van der Waals surface area contributed by atoms with E-state index in [1.54, 1.807) is 12.1 Å². The summed E-state index contributed by atoms with van der Waals surface area (Å²) in [5.74, 6) is 0.201. The Balaban J connectivity index is 2.20. The van der Waals surface area contributed by atoms with E-state index in [2.05, 4.69) is 4.74 Å². The minimum Gasteiger partial charge on any atom is -0.506 e. The highest BCUT2D eigenvalue weighted by molar-refractivity contribution is 5.61. The van der Waals surface area contributed by atoms with Crippen molar-refractivity contribution in [3.05, 3.63) is 18.2 Å². The van der Waals surface area contributed by atoms with Crippen LogP contribution >= 0.6 is 0 Å². The molecule has 0 aliphatic heterocycles. The van der Waals surface area contributed by atoms with Gasteiger partial charge in [-0.2, -0.15) is 13.2 Å². The molecule has 0 amide bonds. The summed E-state index contributed by atoms with van der Waals surface area (Å²) in [7, 11) is 0. The number of rotatable bonds is 6. The van der Waals surface area contributed by atoms with E-state index in [9.17, 15) is 18.3 Å². The van der Waals surface area contributed by atoms with Crippen molar-refractivity contribution in [1.29, 1.82) is 0 Å². The maximum absolute atomic E-state index is 11.7. The minimum absolute atomic E-state index is 0.0573. The van der Waals surface area contributed by atoms with Crippen LogP contribution in [0, 0.1) is 0 Å². The third-order valence-electron chi connectivity index (χ3n) is 2.00. The molecule has 0 fully saturated rings. The molecule has 0 saturated heterocycles. The van der Waals surface area contributed by atoms with Crippen molar-refractivity contribution in [2.75, 3.05) is 25.6 Å². The highest BCUT2D eigenvalue weighted by Gasteiger charge is 2.27. The largest absolute Gasteiger partial charge is 0.506 e. The number of anilines is 1. The van der Waals surface area contributed by atoms with Crippen molar-refractivity contribution in [3.8, 4) is 11.5 Å². The first kappa shape index (κ1) is 14.4. The zero-order valence-electron chi connectivity index (χ0n) is 9.54. The van der Waals surface area contributed by atoms with E-state index >= 15 is 0 Å². The second kappa shape index (κ2) is 6.34. The summed E-state index contributed by atoms with van der Waals surface area (Å²) in [5.41, 5.74) is 5.63. The number of hydrogen-bond acceptors (Lipinski definition) is 4. The topological polar surface area (TPSA) is 64.7 Å². The van der Waals surface area contributed by atoms with Crippen LogP contribution in [0.5, 0.6) is 11.5 Å². The van der Waals surface area contributed by atoms with Gasteiger partial charge in [0.15, 0.2) is 0 Å². The van der Waals surface area contributed by atoms with Gasteiger partial charge in [0.2, 0.25) is 0 Å². The molecule has 0 saturated carbocycles. The summed E-state index contributed by atoms with van der Waals surface area (Å²) < 4.78 is 44.8. The zero-order chi connectivity index (χ0) is 13.6. The van der Waals surface area contributed by atoms with Crippen LogP contribution in [0.2, 0.25) is 0 Å². The molecule has 18 heavy (non-hydrogen) atoms. The van der Waals surface area contributed by atoms with Gasteiger partial charge in [0, 0.05) is 6.42 Å². The zero-order valence-corrected chi connectivity index (χ0v) is 9.54. The molecule has 0 unspecified atom stereocenters. The maximum Gasteiger partial charge on any atom is 0.411 e. The average molecular weight is 265 g/mol. The molecule has 4 nitrogen and oxygen atoms in total. The molecule has 3 N–H and O–H groups in total. The van der Waals surface area contributed by atoms with Crippen LogP contribution in [0.4, 0.5) is 18.9 Å². The number of phenolic OH excluding ortho intramolecular Hbond substituents is 1. The summed E-state index contributed by atoms with van der Waals surface area (Å²) in [6.07, 6.45) is -4.01. The fourth-order valence-electron chi connectivity index (χ4n) is 1.19. The Kier molecular flexibility index (Phi) is 5.08. The lowest BCUT2D eigenvalue weighted by Gasteiger charge is -2.10. The van der Waals surface area contributed by atoms with E-state index in [0.717, 1.165) is 0 Å². The Labute approximate surface area is 102 Å². The molecule has 0 aliphatic rings. The molecule has 7 heteroatoms. The standard InChI is InChI=1S/C11H14F3NO3/c12-11(13,14)7-17-5-2-6-18-9-4-1-3-8(16)10(9)15/h1,3-4,16H,2,5-7,15H2. The lowest BCUT2D eigenvalue weighted by Crippen LogP contribution is -2.18. The minimum atomic E-state index is -4.31. The number of alkyl halides is 3. The first-order valence-electron chi connectivity index (χ1n) is 5.25. The van der Waals surface area contributed by atoms with Gasteiger partial charge < -0.3 is 20.3 Å². The van der Waals surface area contributed by atoms with E-state index in [1.807, 2.05) is 0 Å². The fourth-order valence-corrected chi connectivity index (χ4v) is 1.19. The lowest BCUT2D eigenvalue weighted by molar-refractivity contribution is -0.174. The van der Waals surface area contributed by atoms with E-state index in [4.69, 9.17) is 10.5 Å². The van der Waals surface area contributed by atoms with Crippen molar-refractivity contribution in [1.82, 2.24) is 0 Å². The SMILES string of the molecule is Nc1c(O)cccc1OCCCOCC(F)(F)F. The first-order chi connectivity index (χ1) is 8.40. The van der Waals surface area contributed by atoms with Crippen LogP contribution in [0.15, 0.2) is 18.2 Å². The van der Waals surface area contributed by atoms with Gasteiger partial charge in [0.1, 0.15) is 23.8 Å². The summed E-state index contributed by atoms with van der Waals surface area (Å²) in [4.78, 5) is 0. The van der Waals surface area contributed by atoms with E-state index < -0.39 is 12.8 Å². The number of hydrogen-bond donors (Lipinski definition) is 2. The molecule has 1 rings (SSSR count). The molecule has 0 radical (unpaired) electrons. The Morgan fingerprint density at radius 1 is 1.22 bits per heavy atom. The van der Waals surface area contributed by atoms with Gasteiger partial charge >= 0.3 is 6.18 Å². The Morgan fingerprint density at radius 2 is 1.94 bits per heavy atom. The van der Waals surface area contributed by atoms with Gasteiger partial charge in [-0.15, -0.1) is 0 Å². The maximum atomic E-state index is 11.7. The van der Waals surface area contributed by atoms with Gasteiger partial charge in [-0.3, -0.25) is 0 Å². The van der Waals surface area contributed by atoms with Crippen molar-refractivity contribution < 1.29 is 27.8 Å². The molecule has 1 aromatic rings. The molecule has 1 aromatic carbocycles. The monoisotopic (exact) mass is 265 g/mol. The molecule has 102 valence electrons. The number of ether oxygens (including phenoxy) is 2. The van der Waals surface area contributed by atoms with Crippen LogP contribution in [0.25, 0.3) is 0 Å². The average Bonchev–Trinajstić information content (AvgIpc) is 2.27. The summed E-state index contributed by atoms with van der Waals surface area (Å²) >= 11 is 0. The molecular weight excluding hydrogens is 251 g/mol. The smallest absolute Gasteiger partial charge is 0.411 e. The summed E-state index contributed by atoms with van der Waals surface area (Å²) in [6.45, 7) is -1.16. The van der Waals surface area contributed by atoms with Gasteiger partial charge in [-0.25, -0.2) is 0 Å². The first-order valence-corrected chi connectivity index (χ1v) is 5.25. The fraction of sp³-hybridized carbons (Fsp3) is 0.455. The Morgan fingerprint density at radius 3 is 2.61 bits per heavy atom. The number of nitrogen functional groups attached to an aromatic ring is 1. The number of para-hydroxylation sites is 1. The van der Waals surface area contributed by atoms with Gasteiger partial charge in [-0.05, 0) is 12.1 Å². The number of benzene rings is 1. The molecule has 0 atom stereocenters. The van der Waals surface area contributed by atoms with Crippen LogP contribution in [0.1, 0.15) is 6.42 Å². The molecule has 0 spiro atoms.